The van der Waals surface area contributed by atoms with E-state index in [-0.39, 0.29) is 6.09 Å². The van der Waals surface area contributed by atoms with E-state index in [4.69, 9.17) is 9.47 Å². The Bertz CT molecular complexity index is 1040. The third-order valence-corrected chi connectivity index (χ3v) is 5.99. The number of amides is 1. The Labute approximate surface area is 185 Å². The number of aromatic nitrogens is 4. The number of nitrogens with zero attached hydrogens (tertiary/aromatic N) is 5. The molecule has 164 valence electrons. The van der Waals surface area contributed by atoms with Crippen LogP contribution >= 0.6 is 0 Å². The highest BCUT2D eigenvalue weighted by Crippen LogP contribution is 2.40. The van der Waals surface area contributed by atoms with Crippen LogP contribution in [-0.4, -0.2) is 44.9 Å². The van der Waals surface area contributed by atoms with Gasteiger partial charge in [-0.2, -0.15) is 5.10 Å². The quantitative estimate of drug-likeness (QED) is 0.622. The Morgan fingerprint density at radius 2 is 2.00 bits per heavy atom. The first-order valence-electron chi connectivity index (χ1n) is 10.8. The molecule has 1 N–H and O–H groups in total. The lowest BCUT2D eigenvalue weighted by atomic mass is 9.78. The molecule has 2 fully saturated rings. The van der Waals surface area contributed by atoms with E-state index in [1.807, 2.05) is 24.3 Å². The van der Waals surface area contributed by atoms with Crippen molar-refractivity contribution >= 4 is 17.7 Å². The Balaban J connectivity index is 1.11. The average molecular weight is 432 g/mol. The smallest absolute Gasteiger partial charge is 0.416 e. The van der Waals surface area contributed by atoms with Crippen LogP contribution in [0.25, 0.3) is 0 Å². The summed E-state index contributed by atoms with van der Waals surface area (Å²) in [5.74, 6) is 3.02. The Morgan fingerprint density at radius 3 is 2.72 bits per heavy atom. The number of hydrogen-bond acceptors (Lipinski definition) is 8. The van der Waals surface area contributed by atoms with E-state index in [1.54, 1.807) is 41.7 Å². The van der Waals surface area contributed by atoms with Gasteiger partial charge in [-0.15, -0.1) is 5.10 Å². The molecule has 3 aromatic heterocycles. The van der Waals surface area contributed by atoms with E-state index in [0.29, 0.717) is 29.9 Å². The molecule has 0 bridgehead atoms. The van der Waals surface area contributed by atoms with Crippen molar-refractivity contribution in [3.05, 3.63) is 61.1 Å². The van der Waals surface area contributed by atoms with Crippen molar-refractivity contribution in [3.63, 3.8) is 0 Å². The summed E-state index contributed by atoms with van der Waals surface area (Å²) in [7, 11) is 0. The van der Waals surface area contributed by atoms with Gasteiger partial charge >= 0.3 is 6.09 Å². The summed E-state index contributed by atoms with van der Waals surface area (Å²) in [6.07, 6.45) is 8.27. The van der Waals surface area contributed by atoms with Gasteiger partial charge in [-0.25, -0.2) is 14.8 Å². The van der Waals surface area contributed by atoms with Crippen LogP contribution in [0.4, 0.5) is 16.4 Å². The monoisotopic (exact) mass is 432 g/mol. The maximum Gasteiger partial charge on any atom is 0.416 e. The molecule has 0 unspecified atom stereocenters. The Morgan fingerprint density at radius 1 is 1.09 bits per heavy atom. The minimum absolute atomic E-state index is 0.334. The number of rotatable bonds is 6. The lowest BCUT2D eigenvalue weighted by molar-refractivity contribution is 0.0148. The predicted molar refractivity (Wildman–Crippen MR) is 118 cm³/mol. The third kappa shape index (κ3) is 4.46. The lowest BCUT2D eigenvalue weighted by Gasteiger charge is -2.35. The first-order valence-corrected chi connectivity index (χ1v) is 10.8. The second-order valence-electron chi connectivity index (χ2n) is 8.19. The van der Waals surface area contributed by atoms with Gasteiger partial charge in [-0.3, -0.25) is 4.90 Å². The van der Waals surface area contributed by atoms with E-state index in [1.165, 1.54) is 0 Å². The number of hydrogen-bond donors (Lipinski definition) is 1. The highest BCUT2D eigenvalue weighted by molar-refractivity contribution is 5.89. The zero-order chi connectivity index (χ0) is 21.8. The predicted octanol–water partition coefficient (Wildman–Crippen LogP) is 4.06. The zero-order valence-electron chi connectivity index (χ0n) is 17.6. The standard InChI is InChI=1S/C23H24N6O3/c30-22-29(20-4-3-13-27-28-20)16-23(32-22)10-8-17(9-11-23)14-25-19-7-6-18(15-26-19)31-21-5-1-2-12-24-21/h1-7,12-13,15,17H,8-11,14,16H2,(H,25,26)/t17-,23-. The van der Waals surface area contributed by atoms with Crippen molar-refractivity contribution in [3.8, 4) is 11.6 Å². The van der Waals surface area contributed by atoms with Crippen LogP contribution < -0.4 is 15.0 Å². The molecule has 1 saturated heterocycles. The fourth-order valence-corrected chi connectivity index (χ4v) is 4.23. The summed E-state index contributed by atoms with van der Waals surface area (Å²) in [6, 6.07) is 12.8. The number of carbonyl (C=O) groups excluding carboxylic acids is 1. The molecule has 9 heteroatoms. The first kappa shape index (κ1) is 20.2. The SMILES string of the molecule is O=C1O[C@]2(CC[C@H](CNc3ccc(Oc4ccccn4)cn3)CC2)CN1c1cccnn1. The van der Waals surface area contributed by atoms with Crippen LogP contribution in [0.2, 0.25) is 0 Å². The number of nitrogens with one attached hydrogen (secondary N) is 1. The molecule has 0 radical (unpaired) electrons. The molecule has 1 aliphatic heterocycles. The van der Waals surface area contributed by atoms with Gasteiger partial charge in [-0.1, -0.05) is 6.07 Å². The van der Waals surface area contributed by atoms with Crippen LogP contribution in [0.15, 0.2) is 61.1 Å². The van der Waals surface area contributed by atoms with Crippen LogP contribution in [0.3, 0.4) is 0 Å². The summed E-state index contributed by atoms with van der Waals surface area (Å²) in [5.41, 5.74) is -0.423. The van der Waals surface area contributed by atoms with Crippen LogP contribution in [0.1, 0.15) is 25.7 Å². The van der Waals surface area contributed by atoms with Gasteiger partial charge in [0.25, 0.3) is 0 Å². The van der Waals surface area contributed by atoms with Crippen molar-refractivity contribution in [2.75, 3.05) is 23.3 Å². The molecule has 2 aliphatic rings. The molecule has 1 amide bonds. The topological polar surface area (TPSA) is 102 Å². The van der Waals surface area contributed by atoms with E-state index < -0.39 is 5.60 Å². The minimum atomic E-state index is -0.423. The normalized spacial score (nSPS) is 22.6. The van der Waals surface area contributed by atoms with Crippen LogP contribution in [0.5, 0.6) is 11.6 Å². The zero-order valence-corrected chi connectivity index (χ0v) is 17.6. The molecule has 3 aromatic rings. The maximum atomic E-state index is 12.4. The van der Waals surface area contributed by atoms with E-state index >= 15 is 0 Å². The number of ether oxygens (including phenoxy) is 2. The van der Waals surface area contributed by atoms with Gasteiger partial charge in [0.2, 0.25) is 5.88 Å². The number of anilines is 2. The Kier molecular flexibility index (Phi) is 5.53. The molecule has 5 rings (SSSR count). The molecule has 1 aliphatic carbocycles. The van der Waals surface area contributed by atoms with Gasteiger partial charge < -0.3 is 14.8 Å². The van der Waals surface area contributed by atoms with Gasteiger partial charge in [-0.05, 0) is 61.9 Å². The molecule has 0 atom stereocenters. The lowest BCUT2D eigenvalue weighted by Crippen LogP contribution is -2.39. The molecular weight excluding hydrogens is 408 g/mol. The highest BCUT2D eigenvalue weighted by atomic mass is 16.6. The van der Waals surface area contributed by atoms with Crippen molar-refractivity contribution in [2.45, 2.75) is 31.3 Å². The molecule has 1 spiro atoms. The van der Waals surface area contributed by atoms with Crippen molar-refractivity contribution in [1.29, 1.82) is 0 Å². The molecular formula is C23H24N6O3. The molecule has 1 saturated carbocycles. The number of pyridine rings is 2. The minimum Gasteiger partial charge on any atom is -0.441 e. The van der Waals surface area contributed by atoms with Gasteiger partial charge in [0.15, 0.2) is 5.82 Å². The highest BCUT2D eigenvalue weighted by Gasteiger charge is 2.48. The molecule has 0 aromatic carbocycles. The largest absolute Gasteiger partial charge is 0.441 e. The van der Waals surface area contributed by atoms with Gasteiger partial charge in [0.1, 0.15) is 17.2 Å². The van der Waals surface area contributed by atoms with Crippen molar-refractivity contribution in [1.82, 2.24) is 20.2 Å². The molecule has 9 nitrogen and oxygen atoms in total. The second-order valence-corrected chi connectivity index (χ2v) is 8.19. The second kappa shape index (κ2) is 8.78. The Hall–Kier alpha value is -3.75. The first-order chi connectivity index (χ1) is 15.7. The molecule has 4 heterocycles. The average Bonchev–Trinajstić information content (AvgIpc) is 3.16. The molecule has 32 heavy (non-hydrogen) atoms. The fraction of sp³-hybridized carbons (Fsp3) is 0.348. The van der Waals surface area contributed by atoms with Gasteiger partial charge in [0, 0.05) is 25.0 Å². The van der Waals surface area contributed by atoms with E-state index in [9.17, 15) is 4.79 Å². The van der Waals surface area contributed by atoms with Crippen LogP contribution in [0, 0.1) is 5.92 Å². The van der Waals surface area contributed by atoms with E-state index in [0.717, 1.165) is 38.0 Å². The fourth-order valence-electron chi connectivity index (χ4n) is 4.23. The summed E-state index contributed by atoms with van der Waals surface area (Å²) in [5, 5.41) is 11.3. The summed E-state index contributed by atoms with van der Waals surface area (Å²) in [6.45, 7) is 1.36. The van der Waals surface area contributed by atoms with Crippen molar-refractivity contribution in [2.24, 2.45) is 5.92 Å². The number of carbonyl (C=O) groups is 1. The summed E-state index contributed by atoms with van der Waals surface area (Å²) >= 11 is 0. The summed E-state index contributed by atoms with van der Waals surface area (Å²) in [4.78, 5) is 22.5. The third-order valence-electron chi connectivity index (χ3n) is 5.99. The van der Waals surface area contributed by atoms with Crippen LogP contribution in [-0.2, 0) is 4.74 Å². The van der Waals surface area contributed by atoms with Gasteiger partial charge in [0.05, 0.1) is 12.7 Å². The van der Waals surface area contributed by atoms with E-state index in [2.05, 4.69) is 25.5 Å². The summed E-state index contributed by atoms with van der Waals surface area (Å²) < 4.78 is 11.5. The maximum absolute atomic E-state index is 12.4. The van der Waals surface area contributed by atoms with Crippen molar-refractivity contribution < 1.29 is 14.3 Å².